The van der Waals surface area contributed by atoms with Gasteiger partial charge in [-0.3, -0.25) is 0 Å². The first-order chi connectivity index (χ1) is 16.1. The van der Waals surface area contributed by atoms with E-state index >= 15 is 0 Å². The molecule has 2 aromatic rings. The van der Waals surface area contributed by atoms with E-state index in [0.29, 0.717) is 0 Å². The van der Waals surface area contributed by atoms with Crippen molar-refractivity contribution in [3.05, 3.63) is 46.5 Å². The molecule has 4 nitrogen and oxygen atoms in total. The quantitative estimate of drug-likeness (QED) is 0.303. The molecule has 2 aliphatic rings. The average molecular weight is 467 g/mol. The van der Waals surface area contributed by atoms with E-state index in [-0.39, 0.29) is 45.2 Å². The Balaban J connectivity index is 2.08. The summed E-state index contributed by atoms with van der Waals surface area (Å²) in [6.45, 7) is 11.2. The predicted octanol–water partition coefficient (Wildman–Crippen LogP) is 7.52. The third-order valence-corrected chi connectivity index (χ3v) is 9.20. The molecular weight excluding hydrogens is 424 g/mol. The Labute approximate surface area is 204 Å². The third kappa shape index (κ3) is 3.31. The van der Waals surface area contributed by atoms with Crippen molar-refractivity contribution in [3.8, 4) is 23.0 Å². The molecule has 2 aliphatic carbocycles. The summed E-state index contributed by atoms with van der Waals surface area (Å²) in [5, 5.41) is 43.0. The third-order valence-electron chi connectivity index (χ3n) is 9.20. The lowest BCUT2D eigenvalue weighted by Crippen LogP contribution is -2.40. The Morgan fingerprint density at radius 1 is 0.765 bits per heavy atom. The fraction of sp³-hybridized carbons (Fsp3) is 0.600. The number of rotatable bonds is 8. The summed E-state index contributed by atoms with van der Waals surface area (Å²) in [5.41, 5.74) is 3.35. The number of hydrogen-bond acceptors (Lipinski definition) is 4. The van der Waals surface area contributed by atoms with Crippen LogP contribution in [0.3, 0.4) is 0 Å². The van der Waals surface area contributed by atoms with Crippen molar-refractivity contribution in [2.75, 3.05) is 0 Å². The molecule has 1 spiro atoms. The number of phenolic OH excluding ortho intramolecular Hbond substituents is 4. The second-order valence-corrected chi connectivity index (χ2v) is 11.4. The summed E-state index contributed by atoms with van der Waals surface area (Å²) in [5.74, 6) is 0.0198. The number of benzene rings is 2. The van der Waals surface area contributed by atoms with Crippen molar-refractivity contribution < 1.29 is 20.4 Å². The van der Waals surface area contributed by atoms with Gasteiger partial charge in [-0.05, 0) is 71.9 Å². The van der Waals surface area contributed by atoms with Gasteiger partial charge >= 0.3 is 0 Å². The minimum atomic E-state index is -0.387. The Kier molecular flexibility index (Phi) is 6.33. The molecule has 0 saturated carbocycles. The van der Waals surface area contributed by atoms with Crippen molar-refractivity contribution in [3.63, 3.8) is 0 Å². The Morgan fingerprint density at radius 3 is 2.00 bits per heavy atom. The molecule has 0 radical (unpaired) electrons. The van der Waals surface area contributed by atoms with Crippen molar-refractivity contribution in [1.82, 2.24) is 0 Å². The summed E-state index contributed by atoms with van der Waals surface area (Å²) in [4.78, 5) is 0. The SMILES string of the molecule is CCCCC1(C)CC2(c3cc(O)c(O)cc31)c1ccc(O)c(O)c1C(C)(CCCC)C2CCC. The Bertz CT molecular complexity index is 1070. The van der Waals surface area contributed by atoms with Gasteiger partial charge in [0.25, 0.3) is 0 Å². The summed E-state index contributed by atoms with van der Waals surface area (Å²) in [7, 11) is 0. The first-order valence-corrected chi connectivity index (χ1v) is 13.2. The van der Waals surface area contributed by atoms with E-state index in [9.17, 15) is 20.4 Å². The van der Waals surface area contributed by atoms with Crippen molar-refractivity contribution in [1.29, 1.82) is 0 Å². The summed E-state index contributed by atoms with van der Waals surface area (Å²) >= 11 is 0. The minimum Gasteiger partial charge on any atom is -0.504 e. The maximum absolute atomic E-state index is 11.3. The summed E-state index contributed by atoms with van der Waals surface area (Å²) in [6, 6.07) is 7.24. The monoisotopic (exact) mass is 466 g/mol. The van der Waals surface area contributed by atoms with Crippen LogP contribution in [0.2, 0.25) is 0 Å². The molecule has 4 atom stereocenters. The highest BCUT2D eigenvalue weighted by Crippen LogP contribution is 2.70. The van der Waals surface area contributed by atoms with Gasteiger partial charge in [-0.2, -0.15) is 0 Å². The number of hydrogen-bond donors (Lipinski definition) is 4. The number of aromatic hydroxyl groups is 4. The van der Waals surface area contributed by atoms with Gasteiger partial charge in [0.2, 0.25) is 0 Å². The largest absolute Gasteiger partial charge is 0.504 e. The first kappa shape index (κ1) is 24.8. The van der Waals surface area contributed by atoms with E-state index < -0.39 is 0 Å². The molecule has 4 rings (SSSR count). The minimum absolute atomic E-state index is 0.0146. The normalized spacial score (nSPS) is 29.5. The maximum atomic E-state index is 11.3. The van der Waals surface area contributed by atoms with Crippen LogP contribution in [-0.2, 0) is 16.2 Å². The molecular formula is C30H42O4. The van der Waals surface area contributed by atoms with Crippen LogP contribution in [-0.4, -0.2) is 20.4 Å². The van der Waals surface area contributed by atoms with E-state index in [1.807, 2.05) is 6.07 Å². The molecule has 4 heteroatoms. The van der Waals surface area contributed by atoms with E-state index in [2.05, 4.69) is 34.6 Å². The lowest BCUT2D eigenvalue weighted by molar-refractivity contribution is 0.173. The molecule has 186 valence electrons. The zero-order valence-electron chi connectivity index (χ0n) is 21.5. The van der Waals surface area contributed by atoms with Crippen molar-refractivity contribution in [2.45, 2.75) is 109 Å². The molecule has 0 fully saturated rings. The van der Waals surface area contributed by atoms with Crippen LogP contribution >= 0.6 is 0 Å². The van der Waals surface area contributed by atoms with Gasteiger partial charge in [-0.25, -0.2) is 0 Å². The second-order valence-electron chi connectivity index (χ2n) is 11.4. The maximum Gasteiger partial charge on any atom is 0.161 e. The van der Waals surface area contributed by atoms with Gasteiger partial charge in [0, 0.05) is 16.4 Å². The molecule has 0 bridgehead atoms. The molecule has 4 N–H and O–H groups in total. The smallest absolute Gasteiger partial charge is 0.161 e. The highest BCUT2D eigenvalue weighted by atomic mass is 16.3. The van der Waals surface area contributed by atoms with E-state index in [0.717, 1.165) is 80.0 Å². The van der Waals surface area contributed by atoms with Crippen LogP contribution in [0.1, 0.15) is 115 Å². The van der Waals surface area contributed by atoms with Crippen molar-refractivity contribution >= 4 is 0 Å². The molecule has 0 saturated heterocycles. The molecule has 0 heterocycles. The van der Waals surface area contributed by atoms with E-state index in [4.69, 9.17) is 0 Å². The molecule has 0 aliphatic heterocycles. The number of phenols is 4. The fourth-order valence-electron chi connectivity index (χ4n) is 7.73. The molecule has 0 aromatic heterocycles. The van der Waals surface area contributed by atoms with E-state index in [1.165, 1.54) is 0 Å². The highest BCUT2D eigenvalue weighted by molar-refractivity contribution is 5.68. The van der Waals surface area contributed by atoms with Crippen LogP contribution in [0.5, 0.6) is 23.0 Å². The fourth-order valence-corrected chi connectivity index (χ4v) is 7.73. The Hall–Kier alpha value is -2.36. The van der Waals surface area contributed by atoms with Gasteiger partial charge in [0.15, 0.2) is 23.0 Å². The molecule has 0 amide bonds. The van der Waals surface area contributed by atoms with Gasteiger partial charge in [-0.15, -0.1) is 0 Å². The number of unbranched alkanes of at least 4 members (excludes halogenated alkanes) is 2. The van der Waals surface area contributed by atoms with Crippen LogP contribution in [0.4, 0.5) is 0 Å². The zero-order valence-corrected chi connectivity index (χ0v) is 21.5. The van der Waals surface area contributed by atoms with Gasteiger partial charge < -0.3 is 20.4 Å². The van der Waals surface area contributed by atoms with Crippen LogP contribution < -0.4 is 0 Å². The molecule has 2 aromatic carbocycles. The Morgan fingerprint density at radius 2 is 1.38 bits per heavy atom. The van der Waals surface area contributed by atoms with Gasteiger partial charge in [-0.1, -0.05) is 72.8 Å². The lowest BCUT2D eigenvalue weighted by Gasteiger charge is -2.42. The standard InChI is InChI=1S/C30H42O4/c1-6-9-14-28(4)18-30(21-17-24(33)23(32)16-20(21)28)19-12-13-22(31)27(34)26(19)29(5,15-10-7-2)25(30)11-8-3/h12-13,16-17,25,31-34H,6-11,14-15,18H2,1-5H3. The van der Waals surface area contributed by atoms with Crippen LogP contribution in [0.25, 0.3) is 0 Å². The average Bonchev–Trinajstić information content (AvgIpc) is 3.16. The zero-order chi connectivity index (χ0) is 24.9. The topological polar surface area (TPSA) is 80.9 Å². The predicted molar refractivity (Wildman–Crippen MR) is 137 cm³/mol. The molecule has 34 heavy (non-hydrogen) atoms. The highest BCUT2D eigenvalue weighted by Gasteiger charge is 2.64. The van der Waals surface area contributed by atoms with Crippen LogP contribution in [0.15, 0.2) is 24.3 Å². The summed E-state index contributed by atoms with van der Waals surface area (Å²) < 4.78 is 0. The van der Waals surface area contributed by atoms with Crippen LogP contribution in [0, 0.1) is 5.92 Å². The summed E-state index contributed by atoms with van der Waals surface area (Å²) in [6.07, 6.45) is 9.11. The molecule has 4 unspecified atom stereocenters. The second kappa shape index (κ2) is 8.70. The first-order valence-electron chi connectivity index (χ1n) is 13.2. The van der Waals surface area contributed by atoms with E-state index in [1.54, 1.807) is 18.2 Å². The lowest BCUT2D eigenvalue weighted by atomic mass is 9.60. The van der Waals surface area contributed by atoms with Gasteiger partial charge in [0.05, 0.1) is 0 Å². The van der Waals surface area contributed by atoms with Gasteiger partial charge in [0.1, 0.15) is 0 Å². The number of fused-ring (bicyclic) bond motifs is 4. The van der Waals surface area contributed by atoms with Crippen molar-refractivity contribution in [2.24, 2.45) is 5.92 Å².